The highest BCUT2D eigenvalue weighted by Crippen LogP contribution is 2.26. The number of likely N-dealkylation sites (tertiary alicyclic amines) is 1. The van der Waals surface area contributed by atoms with E-state index in [1.54, 1.807) is 0 Å². The van der Waals surface area contributed by atoms with Gasteiger partial charge in [0.1, 0.15) is 0 Å². The molecule has 136 valence electrons. The lowest BCUT2D eigenvalue weighted by atomic mass is 9.96. The van der Waals surface area contributed by atoms with Crippen LogP contribution in [0.4, 0.5) is 4.79 Å². The van der Waals surface area contributed by atoms with Crippen molar-refractivity contribution in [2.24, 2.45) is 11.8 Å². The minimum Gasteiger partial charge on any atom is -0.350 e. The van der Waals surface area contributed by atoms with Crippen molar-refractivity contribution in [2.45, 2.75) is 44.8 Å². The third kappa shape index (κ3) is 4.83. The van der Waals surface area contributed by atoms with Crippen LogP contribution in [0, 0.1) is 11.8 Å². The minimum atomic E-state index is -0.238. The Morgan fingerprint density at radius 1 is 0.958 bits per heavy atom. The molecule has 0 unspecified atom stereocenters. The van der Waals surface area contributed by atoms with Gasteiger partial charge in [0.25, 0.3) is 0 Å². The van der Waals surface area contributed by atoms with E-state index in [-0.39, 0.29) is 24.8 Å². The SMILES string of the molecule is O=C(NCC(=O)N1CCC(C2OCCO2)CC1)NCC1CCCC1. The number of hydrogen-bond acceptors (Lipinski definition) is 4. The molecule has 1 aliphatic carbocycles. The monoisotopic (exact) mass is 339 g/mol. The van der Waals surface area contributed by atoms with Crippen LogP contribution in [0.15, 0.2) is 0 Å². The van der Waals surface area contributed by atoms with E-state index < -0.39 is 0 Å². The van der Waals surface area contributed by atoms with Gasteiger partial charge in [-0.15, -0.1) is 0 Å². The molecule has 7 heteroatoms. The lowest BCUT2D eigenvalue weighted by molar-refractivity contribution is -0.135. The van der Waals surface area contributed by atoms with Crippen molar-refractivity contribution >= 4 is 11.9 Å². The van der Waals surface area contributed by atoms with Crippen LogP contribution in [-0.2, 0) is 14.3 Å². The molecule has 7 nitrogen and oxygen atoms in total. The Kier molecular flexibility index (Phi) is 6.31. The quantitative estimate of drug-likeness (QED) is 0.786. The van der Waals surface area contributed by atoms with Crippen LogP contribution < -0.4 is 10.6 Å². The molecule has 3 fully saturated rings. The molecule has 0 spiro atoms. The Morgan fingerprint density at radius 2 is 1.62 bits per heavy atom. The second kappa shape index (κ2) is 8.67. The summed E-state index contributed by atoms with van der Waals surface area (Å²) in [5.41, 5.74) is 0. The van der Waals surface area contributed by atoms with Crippen molar-refractivity contribution in [3.05, 3.63) is 0 Å². The summed E-state index contributed by atoms with van der Waals surface area (Å²) >= 11 is 0. The molecule has 24 heavy (non-hydrogen) atoms. The predicted octanol–water partition coefficient (Wildman–Crippen LogP) is 1.09. The lowest BCUT2D eigenvalue weighted by Gasteiger charge is -2.33. The van der Waals surface area contributed by atoms with Gasteiger partial charge in [0.2, 0.25) is 5.91 Å². The van der Waals surface area contributed by atoms with Crippen molar-refractivity contribution in [1.29, 1.82) is 0 Å². The van der Waals surface area contributed by atoms with E-state index >= 15 is 0 Å². The Bertz CT molecular complexity index is 426. The van der Waals surface area contributed by atoms with E-state index in [2.05, 4.69) is 10.6 Å². The summed E-state index contributed by atoms with van der Waals surface area (Å²) in [6, 6.07) is -0.238. The Hall–Kier alpha value is -1.34. The summed E-state index contributed by atoms with van der Waals surface area (Å²) in [7, 11) is 0. The van der Waals surface area contributed by atoms with Crippen LogP contribution in [0.1, 0.15) is 38.5 Å². The fourth-order valence-corrected chi connectivity index (χ4v) is 3.85. The maximum Gasteiger partial charge on any atom is 0.315 e. The maximum absolute atomic E-state index is 12.2. The van der Waals surface area contributed by atoms with Crippen molar-refractivity contribution in [3.63, 3.8) is 0 Å². The topological polar surface area (TPSA) is 79.9 Å². The molecule has 0 bridgehead atoms. The second-order valence-electron chi connectivity index (χ2n) is 7.04. The molecule has 2 heterocycles. The van der Waals surface area contributed by atoms with Crippen LogP contribution >= 0.6 is 0 Å². The number of carbonyl (C=O) groups excluding carboxylic acids is 2. The summed E-state index contributed by atoms with van der Waals surface area (Å²) in [4.78, 5) is 25.8. The van der Waals surface area contributed by atoms with Gasteiger partial charge in [-0.05, 0) is 31.6 Å². The summed E-state index contributed by atoms with van der Waals surface area (Å²) in [5, 5.41) is 5.55. The fourth-order valence-electron chi connectivity index (χ4n) is 3.85. The molecule has 2 aliphatic heterocycles. The van der Waals surface area contributed by atoms with Gasteiger partial charge >= 0.3 is 6.03 Å². The fraction of sp³-hybridized carbons (Fsp3) is 0.882. The minimum absolute atomic E-state index is 0.0160. The molecule has 3 rings (SSSR count). The van der Waals surface area contributed by atoms with Crippen molar-refractivity contribution in [2.75, 3.05) is 39.4 Å². The number of nitrogens with zero attached hydrogens (tertiary/aromatic N) is 1. The predicted molar refractivity (Wildman–Crippen MR) is 88.4 cm³/mol. The van der Waals surface area contributed by atoms with E-state index in [0.717, 1.165) is 12.8 Å². The zero-order valence-electron chi connectivity index (χ0n) is 14.3. The summed E-state index contributed by atoms with van der Waals surface area (Å²) in [5.74, 6) is 0.961. The number of piperidine rings is 1. The molecule has 0 aromatic heterocycles. The standard InChI is InChI=1S/C17H29N3O4/c21-15(12-19-17(22)18-11-13-3-1-2-4-13)20-7-5-14(6-8-20)16-23-9-10-24-16/h13-14,16H,1-12H2,(H2,18,19,22). The third-order valence-electron chi connectivity index (χ3n) is 5.35. The molecule has 0 aromatic rings. The zero-order valence-corrected chi connectivity index (χ0v) is 14.3. The van der Waals surface area contributed by atoms with Crippen LogP contribution in [0.3, 0.4) is 0 Å². The van der Waals surface area contributed by atoms with E-state index in [4.69, 9.17) is 9.47 Å². The smallest absolute Gasteiger partial charge is 0.315 e. The van der Waals surface area contributed by atoms with Gasteiger partial charge in [-0.1, -0.05) is 12.8 Å². The average Bonchev–Trinajstić information content (AvgIpc) is 3.31. The molecule has 3 aliphatic rings. The summed E-state index contributed by atoms with van der Waals surface area (Å²) < 4.78 is 11.1. The number of urea groups is 1. The van der Waals surface area contributed by atoms with Crippen molar-refractivity contribution in [1.82, 2.24) is 15.5 Å². The Labute approximate surface area is 143 Å². The van der Waals surface area contributed by atoms with E-state index in [9.17, 15) is 9.59 Å². The average molecular weight is 339 g/mol. The van der Waals surface area contributed by atoms with Gasteiger partial charge in [0, 0.05) is 25.6 Å². The molecule has 2 N–H and O–H groups in total. The number of carbonyl (C=O) groups is 2. The largest absolute Gasteiger partial charge is 0.350 e. The van der Waals surface area contributed by atoms with Crippen LogP contribution in [0.2, 0.25) is 0 Å². The molecule has 3 amide bonds. The van der Waals surface area contributed by atoms with Crippen LogP contribution in [-0.4, -0.2) is 62.5 Å². The number of rotatable bonds is 5. The molecule has 2 saturated heterocycles. The Morgan fingerprint density at radius 3 is 2.29 bits per heavy atom. The first-order valence-corrected chi connectivity index (χ1v) is 9.25. The van der Waals surface area contributed by atoms with Gasteiger partial charge in [0.05, 0.1) is 19.8 Å². The first kappa shape index (κ1) is 17.5. The first-order valence-electron chi connectivity index (χ1n) is 9.25. The summed E-state index contributed by atoms with van der Waals surface area (Å²) in [6.07, 6.45) is 6.61. The van der Waals surface area contributed by atoms with Crippen molar-refractivity contribution < 1.29 is 19.1 Å². The highest BCUT2D eigenvalue weighted by atomic mass is 16.7. The maximum atomic E-state index is 12.2. The molecule has 1 saturated carbocycles. The molecule has 0 aromatic carbocycles. The highest BCUT2D eigenvalue weighted by molar-refractivity contribution is 5.84. The van der Waals surface area contributed by atoms with E-state index in [1.165, 1.54) is 25.7 Å². The molecular weight excluding hydrogens is 310 g/mol. The number of hydrogen-bond donors (Lipinski definition) is 2. The van der Waals surface area contributed by atoms with E-state index in [0.29, 0.717) is 44.7 Å². The zero-order chi connectivity index (χ0) is 16.8. The second-order valence-corrected chi connectivity index (χ2v) is 7.04. The number of amides is 3. The summed E-state index contributed by atoms with van der Waals surface area (Å²) in [6.45, 7) is 3.54. The van der Waals surface area contributed by atoms with Gasteiger partial charge in [-0.25, -0.2) is 4.79 Å². The molecular formula is C17H29N3O4. The molecule has 0 atom stereocenters. The Balaban J connectivity index is 1.29. The first-order chi connectivity index (χ1) is 11.7. The number of ether oxygens (including phenoxy) is 2. The highest BCUT2D eigenvalue weighted by Gasteiger charge is 2.31. The molecule has 0 radical (unpaired) electrons. The van der Waals surface area contributed by atoms with Crippen LogP contribution in [0.25, 0.3) is 0 Å². The number of nitrogens with one attached hydrogen (secondary N) is 2. The van der Waals surface area contributed by atoms with Gasteiger partial charge in [-0.2, -0.15) is 0 Å². The normalized spacial score (nSPS) is 23.6. The van der Waals surface area contributed by atoms with Gasteiger partial charge < -0.3 is 25.0 Å². The van der Waals surface area contributed by atoms with Crippen molar-refractivity contribution in [3.8, 4) is 0 Å². The van der Waals surface area contributed by atoms with Gasteiger partial charge in [0.15, 0.2) is 6.29 Å². The van der Waals surface area contributed by atoms with E-state index in [1.807, 2.05) is 4.90 Å². The lowest BCUT2D eigenvalue weighted by Crippen LogP contribution is -2.47. The van der Waals surface area contributed by atoms with Crippen LogP contribution in [0.5, 0.6) is 0 Å². The van der Waals surface area contributed by atoms with Gasteiger partial charge in [-0.3, -0.25) is 4.79 Å². The third-order valence-corrected chi connectivity index (χ3v) is 5.35.